The first-order valence-electron chi connectivity index (χ1n) is 4.97. The second-order valence-electron chi connectivity index (χ2n) is 3.82. The number of ether oxygens (including phenoxy) is 1. The summed E-state index contributed by atoms with van der Waals surface area (Å²) in [4.78, 5) is 10.8. The number of rotatable bonds is 2. The molecule has 1 aliphatic rings. The van der Waals surface area contributed by atoms with Crippen LogP contribution in [0.2, 0.25) is 0 Å². The van der Waals surface area contributed by atoms with Crippen molar-refractivity contribution in [3.05, 3.63) is 34.3 Å². The van der Waals surface area contributed by atoms with Gasteiger partial charge in [-0.1, -0.05) is 28.1 Å². The van der Waals surface area contributed by atoms with Gasteiger partial charge in [0.1, 0.15) is 0 Å². The minimum atomic E-state index is -1.02. The number of halogens is 1. The first-order chi connectivity index (χ1) is 7.62. The number of nitrogens with one attached hydrogen (secondary N) is 1. The molecule has 0 radical (unpaired) electrons. The van der Waals surface area contributed by atoms with E-state index >= 15 is 0 Å². The van der Waals surface area contributed by atoms with E-state index in [1.165, 1.54) is 0 Å². The Morgan fingerprint density at radius 3 is 2.62 bits per heavy atom. The first-order valence-corrected chi connectivity index (χ1v) is 5.77. The van der Waals surface area contributed by atoms with E-state index in [1.54, 1.807) is 0 Å². The molecular weight excluding hydrogens is 274 g/mol. The molecule has 1 aromatic carbocycles. The van der Waals surface area contributed by atoms with Crippen LogP contribution < -0.4 is 5.32 Å². The van der Waals surface area contributed by atoms with Crippen LogP contribution in [-0.4, -0.2) is 24.4 Å². The zero-order valence-electron chi connectivity index (χ0n) is 8.57. The summed E-state index contributed by atoms with van der Waals surface area (Å²) < 4.78 is 6.28. The average molecular weight is 286 g/mol. The van der Waals surface area contributed by atoms with Crippen LogP contribution in [0.1, 0.15) is 12.0 Å². The second kappa shape index (κ2) is 4.43. The van der Waals surface area contributed by atoms with Crippen molar-refractivity contribution in [2.45, 2.75) is 12.0 Å². The van der Waals surface area contributed by atoms with Crippen LogP contribution in [0.5, 0.6) is 0 Å². The molecule has 1 atom stereocenters. The number of hydrogen-bond donors (Lipinski definition) is 2. The molecule has 1 heterocycles. The van der Waals surface area contributed by atoms with Crippen molar-refractivity contribution in [3.8, 4) is 0 Å². The summed E-state index contributed by atoms with van der Waals surface area (Å²) in [5.74, 6) is 0. The summed E-state index contributed by atoms with van der Waals surface area (Å²) >= 11 is 3.35. The molecule has 16 heavy (non-hydrogen) atoms. The van der Waals surface area contributed by atoms with Gasteiger partial charge in [-0.05, 0) is 17.7 Å². The minimum Gasteiger partial charge on any atom is -0.465 e. The molecule has 0 spiro atoms. The van der Waals surface area contributed by atoms with E-state index in [0.29, 0.717) is 19.6 Å². The Morgan fingerprint density at radius 2 is 2.12 bits per heavy atom. The number of amides is 1. The predicted molar refractivity (Wildman–Crippen MR) is 62.4 cm³/mol. The lowest BCUT2D eigenvalue weighted by Gasteiger charge is -2.27. The van der Waals surface area contributed by atoms with Crippen LogP contribution in [0.4, 0.5) is 4.79 Å². The molecule has 1 amide bonds. The maximum absolute atomic E-state index is 10.8. The summed E-state index contributed by atoms with van der Waals surface area (Å²) in [6.45, 7) is 0.970. The average Bonchev–Trinajstić information content (AvgIpc) is 2.67. The van der Waals surface area contributed by atoms with Crippen LogP contribution in [0.25, 0.3) is 0 Å². The quantitative estimate of drug-likeness (QED) is 0.877. The molecule has 1 aliphatic heterocycles. The molecule has 2 N–H and O–H groups in total. The summed E-state index contributed by atoms with van der Waals surface area (Å²) in [6.07, 6.45) is -0.352. The molecule has 5 heteroatoms. The van der Waals surface area contributed by atoms with Crippen molar-refractivity contribution in [1.29, 1.82) is 0 Å². The third-order valence-corrected chi connectivity index (χ3v) is 3.29. The Balaban J connectivity index is 2.31. The van der Waals surface area contributed by atoms with Crippen molar-refractivity contribution < 1.29 is 14.6 Å². The summed E-state index contributed by atoms with van der Waals surface area (Å²) in [6, 6.07) is 7.63. The minimum absolute atomic E-state index is 0.390. The van der Waals surface area contributed by atoms with Gasteiger partial charge in [-0.3, -0.25) is 0 Å². The maximum Gasteiger partial charge on any atom is 0.405 e. The van der Waals surface area contributed by atoms with Crippen molar-refractivity contribution in [2.75, 3.05) is 13.2 Å². The smallest absolute Gasteiger partial charge is 0.405 e. The molecule has 1 unspecified atom stereocenters. The van der Waals surface area contributed by atoms with E-state index in [0.717, 1.165) is 10.0 Å². The molecular formula is C11H12BrNO3. The second-order valence-corrected chi connectivity index (χ2v) is 4.74. The van der Waals surface area contributed by atoms with Gasteiger partial charge in [0, 0.05) is 17.5 Å². The third-order valence-electron chi connectivity index (χ3n) is 2.76. The summed E-state index contributed by atoms with van der Waals surface area (Å²) in [5, 5.41) is 11.4. The monoisotopic (exact) mass is 285 g/mol. The maximum atomic E-state index is 10.8. The highest BCUT2D eigenvalue weighted by molar-refractivity contribution is 9.10. The highest BCUT2D eigenvalue weighted by Gasteiger charge is 2.38. The normalized spacial score (nSPS) is 24.3. The van der Waals surface area contributed by atoms with Crippen molar-refractivity contribution >= 4 is 22.0 Å². The molecule has 1 saturated heterocycles. The lowest BCUT2D eigenvalue weighted by molar-refractivity contribution is 0.150. The highest BCUT2D eigenvalue weighted by Crippen LogP contribution is 2.31. The number of benzene rings is 1. The Labute approximate surface area is 102 Å². The fraction of sp³-hybridized carbons (Fsp3) is 0.364. The van der Waals surface area contributed by atoms with Gasteiger partial charge in [0.25, 0.3) is 0 Å². The number of carbonyl (C=O) groups is 1. The van der Waals surface area contributed by atoms with Gasteiger partial charge in [0.2, 0.25) is 0 Å². The van der Waals surface area contributed by atoms with Gasteiger partial charge in [0.05, 0.1) is 12.1 Å². The van der Waals surface area contributed by atoms with Crippen LogP contribution in [-0.2, 0) is 10.3 Å². The molecule has 2 rings (SSSR count). The highest BCUT2D eigenvalue weighted by atomic mass is 79.9. The van der Waals surface area contributed by atoms with Gasteiger partial charge < -0.3 is 15.2 Å². The molecule has 86 valence electrons. The molecule has 1 aromatic rings. The number of carboxylic acid groups (broad SMARTS) is 1. The van der Waals surface area contributed by atoms with Gasteiger partial charge in [-0.25, -0.2) is 4.79 Å². The molecule has 0 bridgehead atoms. The van der Waals surface area contributed by atoms with E-state index in [4.69, 9.17) is 9.84 Å². The van der Waals surface area contributed by atoms with Crippen molar-refractivity contribution in [1.82, 2.24) is 5.32 Å². The SMILES string of the molecule is O=C(O)NC1(c2ccc(Br)cc2)CCOC1. The molecule has 0 aliphatic carbocycles. The van der Waals surface area contributed by atoms with E-state index < -0.39 is 11.6 Å². The first kappa shape index (κ1) is 11.4. The predicted octanol–water partition coefficient (Wildman–Crippen LogP) is 2.33. The van der Waals surface area contributed by atoms with Crippen molar-refractivity contribution in [2.24, 2.45) is 0 Å². The molecule has 4 nitrogen and oxygen atoms in total. The molecule has 1 fully saturated rings. The fourth-order valence-corrected chi connectivity index (χ4v) is 2.20. The van der Waals surface area contributed by atoms with Gasteiger partial charge in [-0.2, -0.15) is 0 Å². The van der Waals surface area contributed by atoms with Gasteiger partial charge >= 0.3 is 6.09 Å². The topological polar surface area (TPSA) is 58.6 Å². The standard InChI is InChI=1S/C11H12BrNO3/c12-9-3-1-8(2-4-9)11(13-10(14)15)5-6-16-7-11/h1-4,13H,5-7H2,(H,14,15). The van der Waals surface area contributed by atoms with E-state index in [2.05, 4.69) is 21.2 Å². The Hall–Kier alpha value is -1.07. The lowest BCUT2D eigenvalue weighted by Crippen LogP contribution is -2.45. The Bertz CT molecular complexity index is 385. The van der Waals surface area contributed by atoms with Crippen LogP contribution in [0, 0.1) is 0 Å². The largest absolute Gasteiger partial charge is 0.465 e. The van der Waals surface area contributed by atoms with Crippen LogP contribution >= 0.6 is 15.9 Å². The lowest BCUT2D eigenvalue weighted by atomic mass is 9.89. The Kier molecular flexibility index (Phi) is 3.16. The van der Waals surface area contributed by atoms with E-state index in [9.17, 15) is 4.79 Å². The molecule has 0 saturated carbocycles. The van der Waals surface area contributed by atoms with Crippen molar-refractivity contribution in [3.63, 3.8) is 0 Å². The fourth-order valence-electron chi connectivity index (χ4n) is 1.94. The third kappa shape index (κ3) is 2.20. The molecule has 0 aromatic heterocycles. The van der Waals surface area contributed by atoms with Gasteiger partial charge in [0.15, 0.2) is 0 Å². The number of hydrogen-bond acceptors (Lipinski definition) is 2. The Morgan fingerprint density at radius 1 is 1.44 bits per heavy atom. The van der Waals surface area contributed by atoms with E-state index in [-0.39, 0.29) is 0 Å². The summed E-state index contributed by atoms with van der Waals surface area (Å²) in [7, 11) is 0. The van der Waals surface area contributed by atoms with Gasteiger partial charge in [-0.15, -0.1) is 0 Å². The zero-order chi connectivity index (χ0) is 11.6. The zero-order valence-corrected chi connectivity index (χ0v) is 10.2. The van der Waals surface area contributed by atoms with E-state index in [1.807, 2.05) is 24.3 Å². The van der Waals surface area contributed by atoms with Crippen LogP contribution in [0.15, 0.2) is 28.7 Å². The van der Waals surface area contributed by atoms with Crippen LogP contribution in [0.3, 0.4) is 0 Å². The summed E-state index contributed by atoms with van der Waals surface area (Å²) in [5.41, 5.74) is 0.350.